The molecule has 2 atom stereocenters. The van der Waals surface area contributed by atoms with Crippen LogP contribution in [0, 0.1) is 11.7 Å². The van der Waals surface area contributed by atoms with E-state index in [0.29, 0.717) is 6.42 Å². The van der Waals surface area contributed by atoms with Crippen molar-refractivity contribution in [1.29, 1.82) is 0 Å². The Morgan fingerprint density at radius 1 is 1.50 bits per heavy atom. The lowest BCUT2D eigenvalue weighted by atomic mass is 10.0. The summed E-state index contributed by atoms with van der Waals surface area (Å²) in [5.74, 6) is -1.33. The van der Waals surface area contributed by atoms with Crippen LogP contribution in [0.15, 0.2) is 23.4 Å². The number of benzene rings is 1. The Morgan fingerprint density at radius 3 is 2.90 bits per heavy atom. The van der Waals surface area contributed by atoms with Crippen LogP contribution in [-0.2, 0) is 0 Å². The lowest BCUT2D eigenvalue weighted by Crippen LogP contribution is -2.42. The molecule has 0 aromatic heterocycles. The van der Waals surface area contributed by atoms with Gasteiger partial charge in [0.05, 0.1) is 5.56 Å². The van der Waals surface area contributed by atoms with Gasteiger partial charge < -0.3 is 16.3 Å². The number of nitrogens with one attached hydrogen (secondary N) is 1. The van der Waals surface area contributed by atoms with Gasteiger partial charge >= 0.3 is 0 Å². The predicted molar refractivity (Wildman–Crippen MR) is 73.4 cm³/mol. The van der Waals surface area contributed by atoms with E-state index in [0.717, 1.165) is 18.9 Å². The van der Waals surface area contributed by atoms with Crippen LogP contribution in [0.2, 0.25) is 5.02 Å². The van der Waals surface area contributed by atoms with Gasteiger partial charge in [-0.25, -0.2) is 4.39 Å². The molecule has 1 aliphatic rings. The fourth-order valence-corrected chi connectivity index (χ4v) is 2.64. The van der Waals surface area contributed by atoms with Gasteiger partial charge in [0.25, 0.3) is 5.91 Å². The van der Waals surface area contributed by atoms with Gasteiger partial charge in [-0.2, -0.15) is 0 Å². The van der Waals surface area contributed by atoms with Gasteiger partial charge in [-0.15, -0.1) is 0 Å². The Balaban J connectivity index is 2.11. The Bertz CT molecular complexity index is 550. The van der Waals surface area contributed by atoms with E-state index in [4.69, 9.17) is 22.5 Å². The van der Waals surface area contributed by atoms with Crippen molar-refractivity contribution in [3.8, 4) is 0 Å². The minimum atomic E-state index is -0.673. The first-order valence-corrected chi connectivity index (χ1v) is 6.64. The molecule has 1 amide bonds. The van der Waals surface area contributed by atoms with E-state index in [-0.39, 0.29) is 28.4 Å². The van der Waals surface area contributed by atoms with Crippen LogP contribution in [0.25, 0.3) is 0 Å². The fourth-order valence-electron chi connectivity index (χ4n) is 2.48. The van der Waals surface area contributed by atoms with Crippen molar-refractivity contribution in [2.24, 2.45) is 16.8 Å². The number of carbonyl (C=O) groups excluding carboxylic acids is 1. The molecule has 5 nitrogen and oxygen atoms in total. The Labute approximate surface area is 120 Å². The fraction of sp³-hybridized carbons (Fsp3) is 0.385. The van der Waals surface area contributed by atoms with Gasteiger partial charge in [0, 0.05) is 17.0 Å². The predicted octanol–water partition coefficient (Wildman–Crippen LogP) is 2.12. The van der Waals surface area contributed by atoms with Crippen molar-refractivity contribution in [3.05, 3.63) is 34.6 Å². The summed E-state index contributed by atoms with van der Waals surface area (Å²) in [6, 6.07) is 3.62. The largest absolute Gasteiger partial charge is 0.409 e. The van der Waals surface area contributed by atoms with Gasteiger partial charge in [0.15, 0.2) is 0 Å². The maximum Gasteiger partial charge on any atom is 0.254 e. The highest BCUT2D eigenvalue weighted by atomic mass is 35.5. The number of halogens is 2. The van der Waals surface area contributed by atoms with Gasteiger partial charge in [0.1, 0.15) is 11.7 Å². The summed E-state index contributed by atoms with van der Waals surface area (Å²) in [4.78, 5) is 12.1. The first-order valence-electron chi connectivity index (χ1n) is 6.26. The first-order chi connectivity index (χ1) is 9.52. The van der Waals surface area contributed by atoms with Crippen LogP contribution in [0.3, 0.4) is 0 Å². The van der Waals surface area contributed by atoms with E-state index in [1.807, 2.05) is 0 Å². The second-order valence-electron chi connectivity index (χ2n) is 4.77. The topological polar surface area (TPSA) is 87.7 Å². The van der Waals surface area contributed by atoms with Gasteiger partial charge in [0.2, 0.25) is 0 Å². The monoisotopic (exact) mass is 299 g/mol. The molecule has 7 heteroatoms. The van der Waals surface area contributed by atoms with Gasteiger partial charge in [-0.05, 0) is 31.0 Å². The molecular weight excluding hydrogens is 285 g/mol. The molecule has 0 saturated heterocycles. The van der Waals surface area contributed by atoms with Crippen molar-refractivity contribution >= 4 is 23.3 Å². The second kappa shape index (κ2) is 6.09. The summed E-state index contributed by atoms with van der Waals surface area (Å²) in [5.41, 5.74) is 5.52. The minimum absolute atomic E-state index is 0.0699. The average Bonchev–Trinajstić information content (AvgIpc) is 2.85. The summed E-state index contributed by atoms with van der Waals surface area (Å²) in [6.07, 6.45) is 2.29. The number of rotatable bonds is 3. The molecule has 108 valence electrons. The molecule has 4 N–H and O–H groups in total. The number of oxime groups is 1. The third-order valence-electron chi connectivity index (χ3n) is 3.50. The first kappa shape index (κ1) is 14.6. The van der Waals surface area contributed by atoms with Crippen molar-refractivity contribution in [2.45, 2.75) is 25.3 Å². The van der Waals surface area contributed by atoms with Crippen molar-refractivity contribution in [1.82, 2.24) is 5.32 Å². The third kappa shape index (κ3) is 3.01. The molecule has 1 fully saturated rings. The maximum atomic E-state index is 13.7. The van der Waals surface area contributed by atoms with Crippen molar-refractivity contribution in [3.63, 3.8) is 0 Å². The molecule has 2 rings (SSSR count). The zero-order valence-electron chi connectivity index (χ0n) is 10.6. The highest BCUT2D eigenvalue weighted by Gasteiger charge is 2.32. The zero-order valence-corrected chi connectivity index (χ0v) is 11.4. The molecule has 0 bridgehead atoms. The number of hydrogen-bond acceptors (Lipinski definition) is 3. The van der Waals surface area contributed by atoms with E-state index in [2.05, 4.69) is 10.5 Å². The minimum Gasteiger partial charge on any atom is -0.409 e. The standard InChI is InChI=1S/C13H15ClFN3O2/c14-7-4-5-8(10(15)6-7)13(19)17-11-3-1-2-9(11)12(16)18-20/h4-6,9,11,20H,1-3H2,(H2,16,18)(H,17,19). The molecule has 2 unspecified atom stereocenters. The number of amidine groups is 1. The molecular formula is C13H15ClFN3O2. The normalized spacial score (nSPS) is 22.8. The van der Waals surface area contributed by atoms with Crippen molar-refractivity contribution < 1.29 is 14.4 Å². The molecule has 0 spiro atoms. The van der Waals surface area contributed by atoms with E-state index < -0.39 is 11.7 Å². The molecule has 20 heavy (non-hydrogen) atoms. The third-order valence-corrected chi connectivity index (χ3v) is 3.74. The van der Waals surface area contributed by atoms with Gasteiger partial charge in [-0.3, -0.25) is 4.79 Å². The van der Waals surface area contributed by atoms with E-state index in [1.54, 1.807) is 0 Å². The Hall–Kier alpha value is -1.82. The maximum absolute atomic E-state index is 13.7. The number of nitrogens with zero attached hydrogens (tertiary/aromatic N) is 1. The Morgan fingerprint density at radius 2 is 2.25 bits per heavy atom. The lowest BCUT2D eigenvalue weighted by Gasteiger charge is -2.20. The molecule has 0 heterocycles. The van der Waals surface area contributed by atoms with Crippen LogP contribution >= 0.6 is 11.6 Å². The van der Waals surface area contributed by atoms with Crippen LogP contribution in [0.1, 0.15) is 29.6 Å². The summed E-state index contributed by atoms with van der Waals surface area (Å²) in [6.45, 7) is 0. The summed E-state index contributed by atoms with van der Waals surface area (Å²) in [5, 5.41) is 14.7. The highest BCUT2D eigenvalue weighted by Crippen LogP contribution is 2.26. The van der Waals surface area contributed by atoms with Crippen LogP contribution in [0.5, 0.6) is 0 Å². The molecule has 1 aliphatic carbocycles. The molecule has 0 radical (unpaired) electrons. The summed E-state index contributed by atoms with van der Waals surface area (Å²) < 4.78 is 13.7. The number of nitrogens with two attached hydrogens (primary N) is 1. The summed E-state index contributed by atoms with van der Waals surface area (Å²) in [7, 11) is 0. The quantitative estimate of drug-likeness (QED) is 0.346. The lowest BCUT2D eigenvalue weighted by molar-refractivity contribution is 0.0929. The van der Waals surface area contributed by atoms with Gasteiger partial charge in [-0.1, -0.05) is 23.2 Å². The Kier molecular flexibility index (Phi) is 4.44. The van der Waals surface area contributed by atoms with E-state index in [9.17, 15) is 9.18 Å². The average molecular weight is 300 g/mol. The number of hydrogen-bond donors (Lipinski definition) is 3. The van der Waals surface area contributed by atoms with E-state index >= 15 is 0 Å². The zero-order chi connectivity index (χ0) is 14.7. The molecule has 0 aliphatic heterocycles. The molecule has 1 saturated carbocycles. The SMILES string of the molecule is NC(=NO)C1CCCC1NC(=O)c1ccc(Cl)cc1F. The highest BCUT2D eigenvalue weighted by molar-refractivity contribution is 6.30. The van der Waals surface area contributed by atoms with Crippen LogP contribution in [-0.4, -0.2) is 23.0 Å². The molecule has 1 aromatic carbocycles. The number of amides is 1. The second-order valence-corrected chi connectivity index (χ2v) is 5.20. The molecule has 1 aromatic rings. The van der Waals surface area contributed by atoms with Crippen molar-refractivity contribution in [2.75, 3.05) is 0 Å². The number of carbonyl (C=O) groups is 1. The summed E-state index contributed by atoms with van der Waals surface area (Å²) >= 11 is 5.64. The smallest absolute Gasteiger partial charge is 0.254 e. The van der Waals surface area contributed by atoms with E-state index in [1.165, 1.54) is 12.1 Å². The van der Waals surface area contributed by atoms with Crippen LogP contribution < -0.4 is 11.1 Å². The van der Waals surface area contributed by atoms with Crippen LogP contribution in [0.4, 0.5) is 4.39 Å².